The molecule has 0 radical (unpaired) electrons. The highest BCUT2D eigenvalue weighted by Crippen LogP contribution is 2.23. The van der Waals surface area contributed by atoms with E-state index in [1.165, 1.54) is 0 Å². The van der Waals surface area contributed by atoms with E-state index in [0.29, 0.717) is 0 Å². The zero-order valence-electron chi connectivity index (χ0n) is 4.79. The smallest absolute Gasteiger partial charge is 0.406 e. The maximum Gasteiger partial charge on any atom is 0.484 e. The van der Waals surface area contributed by atoms with Gasteiger partial charge in [0.05, 0.1) is 0 Å². The van der Waals surface area contributed by atoms with Crippen LogP contribution in [-0.2, 0) is 8.23 Å². The molecule has 0 amide bonds. The van der Waals surface area contributed by atoms with Crippen molar-refractivity contribution in [1.29, 1.82) is 0 Å². The quantitative estimate of drug-likeness (QED) is 0.582. The van der Waals surface area contributed by atoms with E-state index >= 15 is 0 Å². The summed E-state index contributed by atoms with van der Waals surface area (Å²) in [5, 5.41) is 0. The maximum absolute atomic E-state index is 5.35. The third-order valence-corrected chi connectivity index (χ3v) is 9.90. The highest BCUT2D eigenvalue weighted by atomic mass is 35.8. The van der Waals surface area contributed by atoms with Crippen LogP contribution < -0.4 is 0 Å². The molecule has 0 aromatic rings. The van der Waals surface area contributed by atoms with Gasteiger partial charge in [-0.2, -0.15) is 0 Å². The van der Waals surface area contributed by atoms with Crippen molar-refractivity contribution < 1.29 is 8.23 Å². The third kappa shape index (κ3) is 12.3. The first-order valence-corrected chi connectivity index (χ1v) is 13.2. The molecule has 0 aromatic carbocycles. The van der Waals surface area contributed by atoms with E-state index < -0.39 is 22.5 Å². The van der Waals surface area contributed by atoms with Crippen molar-refractivity contribution >= 4 is 89.0 Å². The minimum atomic E-state index is -3.06. The van der Waals surface area contributed by atoms with Crippen LogP contribution in [0.25, 0.3) is 0 Å². The first kappa shape index (κ1) is 13.3. The molecular formula is H2Cl6O2Si3. The van der Waals surface area contributed by atoms with Gasteiger partial charge in [-0.25, -0.2) is 0 Å². The van der Waals surface area contributed by atoms with E-state index in [0.717, 1.165) is 0 Å². The molecule has 11 heteroatoms. The summed E-state index contributed by atoms with van der Waals surface area (Å²) in [6.07, 6.45) is -6.11. The second-order valence-electron chi connectivity index (χ2n) is 1.30. The third-order valence-electron chi connectivity index (χ3n) is 0.445. The van der Waals surface area contributed by atoms with Crippen LogP contribution in [0.4, 0.5) is 0 Å². The molecule has 0 atom stereocenters. The van der Waals surface area contributed by atoms with Crippen LogP contribution in [0.1, 0.15) is 0 Å². The summed E-state index contributed by atoms with van der Waals surface area (Å²) in [4.78, 5) is 0. The van der Waals surface area contributed by atoms with Crippen LogP contribution >= 0.6 is 66.5 Å². The average molecular weight is 331 g/mol. The van der Waals surface area contributed by atoms with E-state index in [2.05, 4.69) is 0 Å². The topological polar surface area (TPSA) is 18.5 Å². The summed E-state index contributed by atoms with van der Waals surface area (Å²) in [5.41, 5.74) is 0. The monoisotopic (exact) mass is 328 g/mol. The van der Waals surface area contributed by atoms with Gasteiger partial charge in [0, 0.05) is 0 Å². The molecule has 0 saturated heterocycles. The van der Waals surface area contributed by atoms with Gasteiger partial charge in [0.1, 0.15) is 0 Å². The second kappa shape index (κ2) is 5.26. The Labute approximate surface area is 96.5 Å². The van der Waals surface area contributed by atoms with Crippen LogP contribution in [-0.4, -0.2) is 22.5 Å². The van der Waals surface area contributed by atoms with E-state index in [-0.39, 0.29) is 0 Å². The van der Waals surface area contributed by atoms with E-state index in [9.17, 15) is 0 Å². The summed E-state index contributed by atoms with van der Waals surface area (Å²) in [6.45, 7) is 0. The zero-order chi connectivity index (χ0) is 9.12. The molecule has 0 aromatic heterocycles. The maximum atomic E-state index is 5.35. The van der Waals surface area contributed by atoms with Crippen molar-refractivity contribution in [1.82, 2.24) is 0 Å². The van der Waals surface area contributed by atoms with Crippen molar-refractivity contribution in [3.05, 3.63) is 0 Å². The SMILES string of the molecule is Cl[Si](Cl)(Cl)O[SiH2]O[Si](Cl)(Cl)Cl. The van der Waals surface area contributed by atoms with Gasteiger partial charge in [-0.15, -0.1) is 0 Å². The number of hydrogen-bond acceptors (Lipinski definition) is 2. The van der Waals surface area contributed by atoms with Gasteiger partial charge in [-0.3, -0.25) is 0 Å². The van der Waals surface area contributed by atoms with Gasteiger partial charge in [-0.1, -0.05) is 66.5 Å². The normalized spacial score (nSPS) is 13.6. The summed E-state index contributed by atoms with van der Waals surface area (Å²) >= 11 is 32.1. The zero-order valence-corrected chi connectivity index (χ0v) is 12.7. The lowest BCUT2D eigenvalue weighted by Gasteiger charge is -2.12. The number of rotatable bonds is 4. The van der Waals surface area contributed by atoms with Gasteiger partial charge in [-0.05, 0) is 0 Å². The largest absolute Gasteiger partial charge is 0.484 e. The molecule has 11 heavy (non-hydrogen) atoms. The molecule has 0 fully saturated rings. The number of hydrogen-bond donors (Lipinski definition) is 0. The lowest BCUT2D eigenvalue weighted by molar-refractivity contribution is 0.493. The molecule has 0 saturated carbocycles. The Morgan fingerprint density at radius 1 is 0.727 bits per heavy atom. The fourth-order valence-electron chi connectivity index (χ4n) is 0.163. The standard InChI is InChI=1S/Cl6H2O2Si3/c1-10(2,3)7-9-8-11(4,5)6/h9H2. The highest BCUT2D eigenvalue weighted by molar-refractivity contribution is 7.63. The lowest BCUT2D eigenvalue weighted by Crippen LogP contribution is -2.27. The summed E-state index contributed by atoms with van der Waals surface area (Å²) in [7, 11) is -1.47. The van der Waals surface area contributed by atoms with Crippen molar-refractivity contribution in [3.8, 4) is 0 Å². The predicted molar refractivity (Wildman–Crippen MR) is 57.3 cm³/mol. The van der Waals surface area contributed by atoms with E-state index in [1.807, 2.05) is 0 Å². The van der Waals surface area contributed by atoms with E-state index in [4.69, 9.17) is 74.7 Å². The van der Waals surface area contributed by atoms with E-state index in [1.54, 1.807) is 0 Å². The van der Waals surface area contributed by atoms with Crippen LogP contribution in [0.3, 0.4) is 0 Å². The second-order valence-corrected chi connectivity index (χ2v) is 18.7. The van der Waals surface area contributed by atoms with Crippen LogP contribution in [0, 0.1) is 0 Å². The molecule has 0 bridgehead atoms. The Kier molecular flexibility index (Phi) is 6.36. The fourth-order valence-corrected chi connectivity index (χ4v) is 4.40. The van der Waals surface area contributed by atoms with Gasteiger partial charge >= 0.3 is 12.5 Å². The molecular weight excluding hydrogens is 329 g/mol. The van der Waals surface area contributed by atoms with Gasteiger partial charge in [0.25, 0.3) is 10.0 Å². The average Bonchev–Trinajstić information content (AvgIpc) is 1.55. The predicted octanol–water partition coefficient (Wildman–Crippen LogP) is 2.32. The minimum Gasteiger partial charge on any atom is -0.406 e. The van der Waals surface area contributed by atoms with Crippen LogP contribution in [0.2, 0.25) is 0 Å². The van der Waals surface area contributed by atoms with Crippen molar-refractivity contribution in [2.24, 2.45) is 0 Å². The molecule has 0 heterocycles. The Hall–Kier alpha value is 2.31. The summed E-state index contributed by atoms with van der Waals surface area (Å²) < 4.78 is 9.48. The van der Waals surface area contributed by atoms with Gasteiger partial charge in [0.2, 0.25) is 0 Å². The molecule has 0 rings (SSSR count). The molecule has 0 aliphatic carbocycles. The Morgan fingerprint density at radius 3 is 1.18 bits per heavy atom. The van der Waals surface area contributed by atoms with Crippen LogP contribution in [0.15, 0.2) is 0 Å². The van der Waals surface area contributed by atoms with Crippen molar-refractivity contribution in [2.45, 2.75) is 0 Å². The first-order chi connectivity index (χ1) is 4.71. The number of halogens is 6. The van der Waals surface area contributed by atoms with Crippen LogP contribution in [0.5, 0.6) is 0 Å². The molecule has 0 aliphatic heterocycles. The molecule has 0 N–H and O–H groups in total. The Balaban J connectivity index is 3.44. The molecule has 0 spiro atoms. The molecule has 2 nitrogen and oxygen atoms in total. The molecule has 0 aliphatic rings. The first-order valence-electron chi connectivity index (χ1n) is 2.12. The minimum absolute atomic E-state index is 1.47. The fraction of sp³-hybridized carbons (Fsp3) is 0. The van der Waals surface area contributed by atoms with Crippen molar-refractivity contribution in [2.75, 3.05) is 0 Å². The van der Waals surface area contributed by atoms with Crippen molar-refractivity contribution in [3.63, 3.8) is 0 Å². The Bertz CT molecular complexity index is 100.0. The molecule has 0 unspecified atom stereocenters. The molecule has 68 valence electrons. The lowest BCUT2D eigenvalue weighted by atomic mass is 15.8. The summed E-state index contributed by atoms with van der Waals surface area (Å²) in [5.74, 6) is 0. The van der Waals surface area contributed by atoms with Gasteiger partial charge < -0.3 is 8.23 Å². The summed E-state index contributed by atoms with van der Waals surface area (Å²) in [6, 6.07) is 0. The highest BCUT2D eigenvalue weighted by Gasteiger charge is 2.32. The van der Waals surface area contributed by atoms with Gasteiger partial charge in [0.15, 0.2) is 0 Å². The Morgan fingerprint density at radius 2 is 1.00 bits per heavy atom.